The molecule has 3 rings (SSSR count). The molecule has 2 heterocycles. The fraction of sp³-hybridized carbons (Fsp3) is 0.300. The molecule has 0 bridgehead atoms. The first kappa shape index (κ1) is 18.2. The Morgan fingerprint density at radius 1 is 1.27 bits per heavy atom. The number of unbranched alkanes of at least 4 members (excludes halogenated alkanes) is 1. The van der Waals surface area contributed by atoms with Crippen LogP contribution < -0.4 is 4.74 Å². The predicted molar refractivity (Wildman–Crippen MR) is 101 cm³/mol. The summed E-state index contributed by atoms with van der Waals surface area (Å²) in [5.41, 5.74) is 0.929. The molecule has 1 amide bonds. The van der Waals surface area contributed by atoms with Gasteiger partial charge in [0.15, 0.2) is 5.76 Å². The second-order valence-corrected chi connectivity index (χ2v) is 7.04. The number of ether oxygens (including phenoxy) is 1. The quantitative estimate of drug-likeness (QED) is 0.743. The Hall–Kier alpha value is -2.60. The van der Waals surface area contributed by atoms with Gasteiger partial charge in [0.1, 0.15) is 5.75 Å². The number of nitrogens with zero attached hydrogens (tertiary/aromatic N) is 1. The van der Waals surface area contributed by atoms with Crippen LogP contribution in [0.3, 0.4) is 0 Å². The van der Waals surface area contributed by atoms with E-state index in [-0.39, 0.29) is 11.4 Å². The minimum absolute atomic E-state index is 0.152. The second-order valence-electron chi connectivity index (χ2n) is 6.10. The van der Waals surface area contributed by atoms with E-state index in [4.69, 9.17) is 4.74 Å². The molecule has 0 radical (unpaired) electrons. The number of rotatable bonds is 7. The molecule has 136 valence electrons. The number of aliphatic hydroxyl groups is 1. The van der Waals surface area contributed by atoms with Gasteiger partial charge >= 0.3 is 0 Å². The highest BCUT2D eigenvalue weighted by atomic mass is 32.1. The minimum atomic E-state index is -0.588. The second kappa shape index (κ2) is 7.74. The first-order valence-corrected chi connectivity index (χ1v) is 9.42. The molecule has 1 N–H and O–H groups in total. The van der Waals surface area contributed by atoms with E-state index in [0.29, 0.717) is 17.2 Å². The highest BCUT2D eigenvalue weighted by molar-refractivity contribution is 7.12. The van der Waals surface area contributed by atoms with E-state index in [1.54, 1.807) is 41.7 Å². The van der Waals surface area contributed by atoms with Gasteiger partial charge in [0.2, 0.25) is 5.78 Å². The van der Waals surface area contributed by atoms with Gasteiger partial charge in [0, 0.05) is 6.54 Å². The van der Waals surface area contributed by atoms with Crippen LogP contribution in [0.4, 0.5) is 0 Å². The lowest BCUT2D eigenvalue weighted by Crippen LogP contribution is -2.32. The molecule has 1 aromatic heterocycles. The maximum absolute atomic E-state index is 13.0. The maximum atomic E-state index is 13.0. The van der Waals surface area contributed by atoms with Crippen molar-refractivity contribution in [3.05, 3.63) is 63.6 Å². The summed E-state index contributed by atoms with van der Waals surface area (Å²) in [4.78, 5) is 27.7. The van der Waals surface area contributed by atoms with Gasteiger partial charge in [0.05, 0.1) is 23.6 Å². The molecule has 6 heteroatoms. The zero-order valence-corrected chi connectivity index (χ0v) is 15.6. The van der Waals surface area contributed by atoms with Crippen molar-refractivity contribution in [3.8, 4) is 5.75 Å². The third-order valence-electron chi connectivity index (χ3n) is 4.48. The van der Waals surface area contributed by atoms with Gasteiger partial charge in [0.25, 0.3) is 5.91 Å². The summed E-state index contributed by atoms with van der Waals surface area (Å²) in [6.07, 6.45) is 1.71. The monoisotopic (exact) mass is 371 g/mol. The predicted octanol–water partition coefficient (Wildman–Crippen LogP) is 4.14. The fourth-order valence-corrected chi connectivity index (χ4v) is 3.80. The van der Waals surface area contributed by atoms with Crippen LogP contribution in [-0.2, 0) is 4.79 Å². The average molecular weight is 371 g/mol. The molecular weight excluding hydrogens is 350 g/mol. The van der Waals surface area contributed by atoms with Crippen LogP contribution in [0, 0.1) is 0 Å². The van der Waals surface area contributed by atoms with Gasteiger partial charge in [-0.05, 0) is 35.6 Å². The molecule has 0 unspecified atom stereocenters. The van der Waals surface area contributed by atoms with Gasteiger partial charge in [-0.15, -0.1) is 11.3 Å². The Balaban J connectivity index is 2.05. The Morgan fingerprint density at radius 2 is 2.00 bits per heavy atom. The number of aliphatic hydroxyl groups excluding tert-OH is 1. The van der Waals surface area contributed by atoms with Crippen molar-refractivity contribution < 1.29 is 19.4 Å². The standard InChI is InChI=1S/C20H21NO4S/c1-3-4-11-21-17(13-7-9-14(25-2)10-8-13)16(19(23)20(21)24)18(22)15-6-5-12-26-15/h5-10,12,17,23H,3-4,11H2,1-2H3/t17-/m1/s1. The third kappa shape index (κ3) is 3.24. The summed E-state index contributed by atoms with van der Waals surface area (Å²) in [5, 5.41) is 12.3. The van der Waals surface area contributed by atoms with Crippen LogP contribution in [0.15, 0.2) is 53.1 Å². The van der Waals surface area contributed by atoms with E-state index >= 15 is 0 Å². The van der Waals surface area contributed by atoms with E-state index < -0.39 is 17.7 Å². The smallest absolute Gasteiger partial charge is 0.290 e. The lowest BCUT2D eigenvalue weighted by molar-refractivity contribution is -0.129. The SMILES string of the molecule is CCCCN1C(=O)C(O)=C(C(=O)c2cccs2)[C@H]1c1ccc(OC)cc1. The first-order chi connectivity index (χ1) is 12.6. The van der Waals surface area contributed by atoms with Gasteiger partial charge in [-0.25, -0.2) is 0 Å². The summed E-state index contributed by atoms with van der Waals surface area (Å²) in [6, 6.07) is 10.1. The molecule has 1 aliphatic rings. The highest BCUT2D eigenvalue weighted by Gasteiger charge is 2.43. The lowest BCUT2D eigenvalue weighted by Gasteiger charge is -2.26. The van der Waals surface area contributed by atoms with Crippen molar-refractivity contribution in [2.75, 3.05) is 13.7 Å². The number of thiophene rings is 1. The number of benzene rings is 1. The third-order valence-corrected chi connectivity index (χ3v) is 5.35. The van der Waals surface area contributed by atoms with Crippen LogP contribution in [0.5, 0.6) is 5.75 Å². The van der Waals surface area contributed by atoms with Crippen LogP contribution >= 0.6 is 11.3 Å². The minimum Gasteiger partial charge on any atom is -0.503 e. The number of hydrogen-bond donors (Lipinski definition) is 1. The Morgan fingerprint density at radius 3 is 2.58 bits per heavy atom. The van der Waals surface area contributed by atoms with Crippen molar-refractivity contribution in [1.29, 1.82) is 0 Å². The maximum Gasteiger partial charge on any atom is 0.290 e. The average Bonchev–Trinajstić information content (AvgIpc) is 3.28. The normalized spacial score (nSPS) is 17.1. The molecule has 5 nitrogen and oxygen atoms in total. The van der Waals surface area contributed by atoms with E-state index in [1.165, 1.54) is 11.3 Å². The van der Waals surface area contributed by atoms with Gasteiger partial charge in [-0.2, -0.15) is 0 Å². The zero-order chi connectivity index (χ0) is 18.7. The first-order valence-electron chi connectivity index (χ1n) is 8.54. The summed E-state index contributed by atoms with van der Waals surface area (Å²) >= 11 is 1.30. The van der Waals surface area contributed by atoms with Gasteiger partial charge < -0.3 is 14.7 Å². The molecule has 2 aromatic rings. The van der Waals surface area contributed by atoms with Gasteiger partial charge in [-0.3, -0.25) is 9.59 Å². The Bertz CT molecular complexity index is 824. The van der Waals surface area contributed by atoms with Crippen molar-refractivity contribution in [3.63, 3.8) is 0 Å². The number of Topliss-reactive ketones (excluding diaryl/α,β-unsaturated/α-hetero) is 1. The topological polar surface area (TPSA) is 66.8 Å². The number of amides is 1. The molecule has 26 heavy (non-hydrogen) atoms. The number of carbonyl (C=O) groups is 2. The number of methoxy groups -OCH3 is 1. The number of hydrogen-bond acceptors (Lipinski definition) is 5. The van der Waals surface area contributed by atoms with Crippen molar-refractivity contribution >= 4 is 23.0 Å². The van der Waals surface area contributed by atoms with Crippen molar-refractivity contribution in [2.24, 2.45) is 0 Å². The number of carbonyl (C=O) groups excluding carboxylic acids is 2. The molecule has 1 aliphatic heterocycles. The van der Waals surface area contributed by atoms with Crippen LogP contribution in [0.1, 0.15) is 41.0 Å². The Kier molecular flexibility index (Phi) is 5.42. The number of ketones is 1. The largest absolute Gasteiger partial charge is 0.503 e. The van der Waals surface area contributed by atoms with E-state index in [9.17, 15) is 14.7 Å². The lowest BCUT2D eigenvalue weighted by atomic mass is 9.95. The van der Waals surface area contributed by atoms with E-state index in [2.05, 4.69) is 0 Å². The summed E-state index contributed by atoms with van der Waals surface area (Å²) in [6.45, 7) is 2.52. The Labute approximate surface area is 156 Å². The fourth-order valence-electron chi connectivity index (χ4n) is 3.12. The molecule has 0 saturated heterocycles. The van der Waals surface area contributed by atoms with E-state index in [0.717, 1.165) is 18.4 Å². The highest BCUT2D eigenvalue weighted by Crippen LogP contribution is 2.40. The molecule has 1 atom stereocenters. The van der Waals surface area contributed by atoms with Crippen LogP contribution in [-0.4, -0.2) is 35.4 Å². The summed E-state index contributed by atoms with van der Waals surface area (Å²) in [5.74, 6) is -0.539. The van der Waals surface area contributed by atoms with E-state index in [1.807, 2.05) is 19.1 Å². The van der Waals surface area contributed by atoms with Crippen molar-refractivity contribution in [2.45, 2.75) is 25.8 Å². The van der Waals surface area contributed by atoms with Crippen molar-refractivity contribution in [1.82, 2.24) is 4.90 Å². The molecule has 1 aromatic carbocycles. The molecule has 0 fully saturated rings. The van der Waals surface area contributed by atoms with Crippen LogP contribution in [0.2, 0.25) is 0 Å². The zero-order valence-electron chi connectivity index (χ0n) is 14.8. The molecule has 0 saturated carbocycles. The summed E-state index contributed by atoms with van der Waals surface area (Å²) < 4.78 is 5.19. The van der Waals surface area contributed by atoms with Crippen LogP contribution in [0.25, 0.3) is 0 Å². The molecule has 0 aliphatic carbocycles. The summed E-state index contributed by atoms with van der Waals surface area (Å²) in [7, 11) is 1.58. The molecule has 0 spiro atoms. The molecular formula is C20H21NO4S. The van der Waals surface area contributed by atoms with Gasteiger partial charge in [-0.1, -0.05) is 31.5 Å².